The summed E-state index contributed by atoms with van der Waals surface area (Å²) in [6.45, 7) is 0.281. The highest BCUT2D eigenvalue weighted by Gasteiger charge is 2.19. The summed E-state index contributed by atoms with van der Waals surface area (Å²) < 4.78 is 33.4. The smallest absolute Gasteiger partial charge is 0.270 e. The molecule has 0 spiro atoms. The zero-order chi connectivity index (χ0) is 24.8. The number of nitrogens with one attached hydrogen (secondary N) is 2. The first-order chi connectivity index (χ1) is 16.8. The predicted molar refractivity (Wildman–Crippen MR) is 129 cm³/mol. The first-order valence-electron chi connectivity index (χ1n) is 11.1. The number of benzene rings is 2. The molecule has 11 heteroatoms. The molecular formula is C24H24N4O6S. The van der Waals surface area contributed by atoms with Gasteiger partial charge in [0.05, 0.1) is 9.82 Å². The summed E-state index contributed by atoms with van der Waals surface area (Å²) >= 11 is 0. The molecule has 35 heavy (non-hydrogen) atoms. The van der Waals surface area contributed by atoms with E-state index < -0.39 is 14.9 Å². The van der Waals surface area contributed by atoms with Gasteiger partial charge in [-0.2, -0.15) is 0 Å². The lowest BCUT2D eigenvalue weighted by atomic mass is 10.2. The van der Waals surface area contributed by atoms with Gasteiger partial charge in [0, 0.05) is 42.2 Å². The van der Waals surface area contributed by atoms with Crippen molar-refractivity contribution in [3.8, 4) is 5.88 Å². The zero-order valence-corrected chi connectivity index (χ0v) is 19.5. The van der Waals surface area contributed by atoms with Gasteiger partial charge in [0.15, 0.2) is 0 Å². The average molecular weight is 497 g/mol. The maximum Gasteiger partial charge on any atom is 0.270 e. The molecule has 1 fully saturated rings. The lowest BCUT2D eigenvalue weighted by molar-refractivity contribution is -0.385. The summed E-state index contributed by atoms with van der Waals surface area (Å²) in [4.78, 5) is 26.8. The van der Waals surface area contributed by atoms with Gasteiger partial charge < -0.3 is 10.1 Å². The minimum absolute atomic E-state index is 0.195. The SMILES string of the molecule is O=C(NCc1ccnc(OC2CCCC2)c1)c1ccc(NS(=O)(=O)c2cccc([N+](=O)[O-])c2)cc1. The van der Waals surface area contributed by atoms with Crippen molar-refractivity contribution in [1.29, 1.82) is 0 Å². The maximum atomic E-state index is 12.6. The second-order valence-electron chi connectivity index (χ2n) is 8.15. The van der Waals surface area contributed by atoms with Crippen molar-refractivity contribution < 1.29 is 22.9 Å². The number of anilines is 1. The third kappa shape index (κ3) is 6.33. The number of nitro benzene ring substituents is 1. The fraction of sp³-hybridized carbons (Fsp3) is 0.250. The molecule has 0 saturated heterocycles. The number of sulfonamides is 1. The minimum atomic E-state index is -4.03. The summed E-state index contributed by atoms with van der Waals surface area (Å²) in [6, 6.07) is 14.2. The number of carbonyl (C=O) groups excluding carboxylic acids is 1. The normalized spacial score (nSPS) is 13.8. The van der Waals surface area contributed by atoms with E-state index >= 15 is 0 Å². The number of hydrogen-bond donors (Lipinski definition) is 2. The fourth-order valence-electron chi connectivity index (χ4n) is 3.75. The van der Waals surface area contributed by atoms with E-state index in [1.807, 2.05) is 6.07 Å². The molecule has 0 radical (unpaired) electrons. The van der Waals surface area contributed by atoms with Crippen molar-refractivity contribution in [3.63, 3.8) is 0 Å². The van der Waals surface area contributed by atoms with Crippen LogP contribution in [0.2, 0.25) is 0 Å². The van der Waals surface area contributed by atoms with E-state index in [4.69, 9.17) is 4.74 Å². The molecule has 0 aliphatic heterocycles. The lowest BCUT2D eigenvalue weighted by Gasteiger charge is -2.13. The Morgan fingerprint density at radius 2 is 1.83 bits per heavy atom. The van der Waals surface area contributed by atoms with Crippen molar-refractivity contribution in [2.75, 3.05) is 4.72 Å². The number of nitro groups is 1. The Bertz CT molecular complexity index is 1320. The molecule has 1 aliphatic carbocycles. The molecule has 0 unspecified atom stereocenters. The number of pyridine rings is 1. The van der Waals surface area contributed by atoms with E-state index in [1.165, 1.54) is 42.5 Å². The number of amides is 1. The highest BCUT2D eigenvalue weighted by atomic mass is 32.2. The standard InChI is InChI=1S/C24H24N4O6S/c29-24(26-16-17-12-13-25-23(14-17)34-21-5-1-2-6-21)18-8-10-19(11-9-18)27-35(32,33)22-7-3-4-20(15-22)28(30)31/h3-4,7-15,21,27H,1-2,5-6,16H2,(H,26,29). The number of ether oxygens (including phenoxy) is 1. The molecule has 4 rings (SSSR count). The number of rotatable bonds is 9. The molecule has 1 aromatic heterocycles. The minimum Gasteiger partial charge on any atom is -0.474 e. The second kappa shape index (κ2) is 10.5. The summed E-state index contributed by atoms with van der Waals surface area (Å²) in [5, 5.41) is 13.7. The number of aromatic nitrogens is 1. The van der Waals surface area contributed by atoms with Crippen molar-refractivity contribution in [1.82, 2.24) is 10.3 Å². The predicted octanol–water partition coefficient (Wildman–Crippen LogP) is 4.04. The van der Waals surface area contributed by atoms with Crippen LogP contribution in [0, 0.1) is 10.1 Å². The van der Waals surface area contributed by atoms with Crippen molar-refractivity contribution >= 4 is 27.3 Å². The quantitative estimate of drug-likeness (QED) is 0.336. The van der Waals surface area contributed by atoms with E-state index in [0.29, 0.717) is 11.4 Å². The van der Waals surface area contributed by atoms with Crippen LogP contribution in [0.5, 0.6) is 5.88 Å². The average Bonchev–Trinajstić information content (AvgIpc) is 3.36. The first-order valence-corrected chi connectivity index (χ1v) is 12.6. The number of hydrogen-bond acceptors (Lipinski definition) is 7. The molecule has 0 atom stereocenters. The molecule has 1 heterocycles. The molecule has 1 amide bonds. The summed E-state index contributed by atoms with van der Waals surface area (Å²) in [7, 11) is -4.03. The Morgan fingerprint density at radius 1 is 1.09 bits per heavy atom. The highest BCUT2D eigenvalue weighted by Crippen LogP contribution is 2.23. The second-order valence-corrected chi connectivity index (χ2v) is 9.83. The summed E-state index contributed by atoms with van der Waals surface area (Å²) in [5.41, 5.74) is 1.09. The van der Waals surface area contributed by atoms with Crippen molar-refractivity contribution in [2.24, 2.45) is 0 Å². The Kier molecular flexibility index (Phi) is 7.25. The Hall–Kier alpha value is -3.99. The van der Waals surface area contributed by atoms with Crippen molar-refractivity contribution in [3.05, 3.63) is 88.1 Å². The number of nitrogens with zero attached hydrogens (tertiary/aromatic N) is 2. The monoisotopic (exact) mass is 496 g/mol. The Morgan fingerprint density at radius 3 is 2.54 bits per heavy atom. The largest absolute Gasteiger partial charge is 0.474 e. The van der Waals surface area contributed by atoms with E-state index in [-0.39, 0.29) is 34.8 Å². The molecule has 1 saturated carbocycles. The molecule has 1 aliphatic rings. The van der Waals surface area contributed by atoms with Gasteiger partial charge in [-0.25, -0.2) is 13.4 Å². The lowest BCUT2D eigenvalue weighted by Crippen LogP contribution is -2.23. The van der Waals surface area contributed by atoms with Crippen LogP contribution in [0.15, 0.2) is 71.8 Å². The third-order valence-corrected chi connectivity index (χ3v) is 6.96. The Labute approximate surface area is 202 Å². The molecule has 0 bridgehead atoms. The fourth-order valence-corrected chi connectivity index (χ4v) is 4.85. The van der Waals surface area contributed by atoms with Crippen LogP contribution in [0.4, 0.5) is 11.4 Å². The van der Waals surface area contributed by atoms with Crippen LogP contribution >= 0.6 is 0 Å². The van der Waals surface area contributed by atoms with Crippen LogP contribution in [-0.2, 0) is 16.6 Å². The van der Waals surface area contributed by atoms with Gasteiger partial charge in [0.1, 0.15) is 6.10 Å². The first kappa shape index (κ1) is 24.1. The third-order valence-electron chi connectivity index (χ3n) is 5.58. The van der Waals surface area contributed by atoms with Gasteiger partial charge in [0.25, 0.3) is 21.6 Å². The number of non-ortho nitro benzene ring substituents is 1. The van der Waals surface area contributed by atoms with Gasteiger partial charge in [0.2, 0.25) is 5.88 Å². The van der Waals surface area contributed by atoms with Gasteiger partial charge in [-0.3, -0.25) is 19.6 Å². The summed E-state index contributed by atoms with van der Waals surface area (Å²) in [5.74, 6) is 0.220. The van der Waals surface area contributed by atoms with Crippen LogP contribution in [0.1, 0.15) is 41.6 Å². The van der Waals surface area contributed by atoms with Gasteiger partial charge in [-0.15, -0.1) is 0 Å². The zero-order valence-electron chi connectivity index (χ0n) is 18.7. The summed E-state index contributed by atoms with van der Waals surface area (Å²) in [6.07, 6.45) is 6.22. The molecule has 2 aromatic carbocycles. The van der Waals surface area contributed by atoms with Gasteiger partial charge in [-0.1, -0.05) is 6.07 Å². The molecular weight excluding hydrogens is 472 g/mol. The Balaban J connectivity index is 1.35. The van der Waals surface area contributed by atoms with E-state index in [0.717, 1.165) is 37.3 Å². The van der Waals surface area contributed by atoms with Crippen LogP contribution in [-0.4, -0.2) is 30.3 Å². The van der Waals surface area contributed by atoms with Crippen LogP contribution in [0.3, 0.4) is 0 Å². The van der Waals surface area contributed by atoms with Crippen LogP contribution < -0.4 is 14.8 Å². The van der Waals surface area contributed by atoms with E-state index in [2.05, 4.69) is 15.0 Å². The molecule has 2 N–H and O–H groups in total. The highest BCUT2D eigenvalue weighted by molar-refractivity contribution is 7.92. The molecule has 3 aromatic rings. The molecule has 10 nitrogen and oxygen atoms in total. The van der Waals surface area contributed by atoms with Crippen molar-refractivity contribution in [2.45, 2.75) is 43.2 Å². The molecule has 182 valence electrons. The van der Waals surface area contributed by atoms with E-state index in [9.17, 15) is 23.3 Å². The maximum absolute atomic E-state index is 12.6. The van der Waals surface area contributed by atoms with Gasteiger partial charge in [-0.05, 0) is 67.6 Å². The van der Waals surface area contributed by atoms with Gasteiger partial charge >= 0.3 is 0 Å². The topological polar surface area (TPSA) is 141 Å². The van der Waals surface area contributed by atoms with Crippen LogP contribution in [0.25, 0.3) is 0 Å². The van der Waals surface area contributed by atoms with E-state index in [1.54, 1.807) is 12.3 Å². The number of carbonyl (C=O) groups is 1.